The second-order valence-electron chi connectivity index (χ2n) is 5.04. The molecule has 0 atom stereocenters. The van der Waals surface area contributed by atoms with Crippen LogP contribution in [0.15, 0.2) is 18.2 Å². The van der Waals surface area contributed by atoms with Crippen molar-refractivity contribution in [2.45, 2.75) is 39.8 Å². The van der Waals surface area contributed by atoms with E-state index in [4.69, 9.17) is 5.73 Å². The minimum atomic E-state index is -0.125. The summed E-state index contributed by atoms with van der Waals surface area (Å²) in [7, 11) is 0. The van der Waals surface area contributed by atoms with E-state index in [1.165, 1.54) is 12.8 Å². The van der Waals surface area contributed by atoms with Crippen LogP contribution in [0.25, 0.3) is 10.1 Å². The monoisotopic (exact) mass is 294 g/mol. The van der Waals surface area contributed by atoms with Gasteiger partial charge in [-0.1, -0.05) is 26.3 Å². The highest BCUT2D eigenvalue weighted by atomic mass is 32.1. The molecule has 2 rings (SSSR count). The Kier molecular flexibility index (Phi) is 5.52. The van der Waals surface area contributed by atoms with E-state index in [1.54, 1.807) is 23.5 Å². The minimum absolute atomic E-state index is 0.125. The summed E-state index contributed by atoms with van der Waals surface area (Å²) in [4.78, 5) is 3.48. The molecular formula is C16H23FN2S. The van der Waals surface area contributed by atoms with Crippen LogP contribution < -0.4 is 5.73 Å². The van der Waals surface area contributed by atoms with Crippen molar-refractivity contribution in [2.24, 2.45) is 5.73 Å². The Morgan fingerprint density at radius 3 is 2.75 bits per heavy atom. The molecule has 4 heteroatoms. The predicted octanol–water partition coefficient (Wildman–Crippen LogP) is 4.12. The number of hydrogen-bond acceptors (Lipinski definition) is 3. The third-order valence-electron chi connectivity index (χ3n) is 3.69. The summed E-state index contributed by atoms with van der Waals surface area (Å²) in [6, 6.07) is 5.29. The van der Waals surface area contributed by atoms with Crippen LogP contribution in [-0.4, -0.2) is 18.0 Å². The molecule has 0 unspecified atom stereocenters. The summed E-state index contributed by atoms with van der Waals surface area (Å²) < 4.78 is 15.2. The van der Waals surface area contributed by atoms with Gasteiger partial charge in [0.2, 0.25) is 0 Å². The van der Waals surface area contributed by atoms with Crippen molar-refractivity contribution in [3.63, 3.8) is 0 Å². The Morgan fingerprint density at radius 1 is 1.30 bits per heavy atom. The molecule has 0 amide bonds. The van der Waals surface area contributed by atoms with E-state index in [9.17, 15) is 4.39 Å². The Bertz CT molecular complexity index is 565. The van der Waals surface area contributed by atoms with Gasteiger partial charge in [-0.05, 0) is 37.2 Å². The SMILES string of the molecule is CCCCN(CC)Cc1c(CN)sc2cccc(F)c12. The molecule has 0 spiro atoms. The molecule has 1 heterocycles. The molecule has 0 radical (unpaired) electrons. The van der Waals surface area contributed by atoms with Gasteiger partial charge in [-0.25, -0.2) is 4.39 Å². The molecule has 20 heavy (non-hydrogen) atoms. The average molecular weight is 294 g/mol. The third-order valence-corrected chi connectivity index (χ3v) is 4.91. The van der Waals surface area contributed by atoms with Crippen LogP contribution in [-0.2, 0) is 13.1 Å². The second-order valence-corrected chi connectivity index (χ2v) is 6.18. The third kappa shape index (κ3) is 3.19. The van der Waals surface area contributed by atoms with Crippen molar-refractivity contribution in [1.29, 1.82) is 0 Å². The summed E-state index contributed by atoms with van der Waals surface area (Å²) in [6.45, 7) is 7.67. The zero-order valence-corrected chi connectivity index (χ0v) is 13.1. The maximum absolute atomic E-state index is 14.2. The normalized spacial score (nSPS) is 11.7. The highest BCUT2D eigenvalue weighted by Gasteiger charge is 2.16. The van der Waals surface area contributed by atoms with Crippen LogP contribution in [0.5, 0.6) is 0 Å². The molecule has 0 saturated heterocycles. The van der Waals surface area contributed by atoms with Crippen LogP contribution in [0.3, 0.4) is 0 Å². The lowest BCUT2D eigenvalue weighted by molar-refractivity contribution is 0.276. The van der Waals surface area contributed by atoms with Crippen LogP contribution in [0.1, 0.15) is 37.1 Å². The van der Waals surface area contributed by atoms with E-state index in [2.05, 4.69) is 18.7 Å². The lowest BCUT2D eigenvalue weighted by atomic mass is 10.1. The predicted molar refractivity (Wildman–Crippen MR) is 85.5 cm³/mol. The summed E-state index contributed by atoms with van der Waals surface area (Å²) in [6.07, 6.45) is 2.36. The molecule has 1 aromatic carbocycles. The van der Waals surface area contributed by atoms with Crippen molar-refractivity contribution < 1.29 is 4.39 Å². The van der Waals surface area contributed by atoms with Crippen LogP contribution in [0.2, 0.25) is 0 Å². The number of nitrogens with zero attached hydrogens (tertiary/aromatic N) is 1. The van der Waals surface area contributed by atoms with E-state index in [-0.39, 0.29) is 5.82 Å². The van der Waals surface area contributed by atoms with Gasteiger partial charge in [-0.2, -0.15) is 0 Å². The molecule has 1 aromatic heterocycles. The fraction of sp³-hybridized carbons (Fsp3) is 0.500. The highest BCUT2D eigenvalue weighted by molar-refractivity contribution is 7.19. The fourth-order valence-corrected chi connectivity index (χ4v) is 3.61. The Morgan fingerprint density at radius 2 is 2.10 bits per heavy atom. The molecule has 110 valence electrons. The van der Waals surface area contributed by atoms with Crippen molar-refractivity contribution in [2.75, 3.05) is 13.1 Å². The molecule has 0 aliphatic rings. The van der Waals surface area contributed by atoms with Crippen molar-refractivity contribution >= 4 is 21.4 Å². The quantitative estimate of drug-likeness (QED) is 0.832. The van der Waals surface area contributed by atoms with Crippen LogP contribution in [0, 0.1) is 5.82 Å². The number of thiophene rings is 1. The Balaban J connectivity index is 2.36. The number of hydrogen-bond donors (Lipinski definition) is 1. The standard InChI is InChI=1S/C16H23FN2S/c1-3-5-9-19(4-2)11-12-15(10-18)20-14-8-6-7-13(17)16(12)14/h6-8H,3-5,9-11,18H2,1-2H3. The summed E-state index contributed by atoms with van der Waals surface area (Å²) in [5.74, 6) is -0.125. The van der Waals surface area contributed by atoms with E-state index in [0.717, 1.165) is 40.2 Å². The van der Waals surface area contributed by atoms with Crippen molar-refractivity contribution in [1.82, 2.24) is 4.90 Å². The number of benzene rings is 1. The molecular weight excluding hydrogens is 271 g/mol. The molecule has 0 aliphatic heterocycles. The maximum atomic E-state index is 14.2. The minimum Gasteiger partial charge on any atom is -0.326 e. The zero-order valence-electron chi connectivity index (χ0n) is 12.3. The van der Waals surface area contributed by atoms with Gasteiger partial charge in [0, 0.05) is 28.1 Å². The lowest BCUT2D eigenvalue weighted by Gasteiger charge is -2.20. The summed E-state index contributed by atoms with van der Waals surface area (Å²) in [5, 5.41) is 0.771. The summed E-state index contributed by atoms with van der Waals surface area (Å²) in [5.41, 5.74) is 6.94. The molecule has 0 fully saturated rings. The number of halogens is 1. The summed E-state index contributed by atoms with van der Waals surface area (Å²) >= 11 is 1.62. The van der Waals surface area contributed by atoms with Crippen LogP contribution >= 0.6 is 11.3 Å². The first-order valence-corrected chi connectivity index (χ1v) is 8.14. The second kappa shape index (κ2) is 7.16. The van der Waals surface area contributed by atoms with Gasteiger partial charge in [0.1, 0.15) is 5.82 Å². The van der Waals surface area contributed by atoms with Gasteiger partial charge in [-0.3, -0.25) is 4.90 Å². The smallest absolute Gasteiger partial charge is 0.132 e. The largest absolute Gasteiger partial charge is 0.326 e. The Labute approximate surface area is 124 Å². The zero-order chi connectivity index (χ0) is 14.5. The van der Waals surface area contributed by atoms with E-state index < -0.39 is 0 Å². The van der Waals surface area contributed by atoms with Crippen LogP contribution in [0.4, 0.5) is 4.39 Å². The number of fused-ring (bicyclic) bond motifs is 1. The van der Waals surface area contributed by atoms with E-state index in [0.29, 0.717) is 6.54 Å². The molecule has 0 saturated carbocycles. The average Bonchev–Trinajstić information content (AvgIpc) is 2.82. The van der Waals surface area contributed by atoms with Gasteiger partial charge >= 0.3 is 0 Å². The van der Waals surface area contributed by atoms with E-state index >= 15 is 0 Å². The Hall–Kier alpha value is -0.970. The molecule has 2 aromatic rings. The van der Waals surface area contributed by atoms with Crippen molar-refractivity contribution in [3.8, 4) is 0 Å². The first kappa shape index (κ1) is 15.4. The molecule has 2 N–H and O–H groups in total. The lowest BCUT2D eigenvalue weighted by Crippen LogP contribution is -2.24. The maximum Gasteiger partial charge on any atom is 0.132 e. The number of rotatable bonds is 7. The van der Waals surface area contributed by atoms with Crippen molar-refractivity contribution in [3.05, 3.63) is 34.5 Å². The first-order valence-electron chi connectivity index (χ1n) is 7.32. The van der Waals surface area contributed by atoms with Gasteiger partial charge in [0.25, 0.3) is 0 Å². The topological polar surface area (TPSA) is 29.3 Å². The molecule has 0 bridgehead atoms. The van der Waals surface area contributed by atoms with Gasteiger partial charge < -0.3 is 5.73 Å². The first-order chi connectivity index (χ1) is 9.71. The van der Waals surface area contributed by atoms with Gasteiger partial charge in [-0.15, -0.1) is 11.3 Å². The number of unbranched alkanes of at least 4 members (excludes halogenated alkanes) is 1. The fourth-order valence-electron chi connectivity index (χ4n) is 2.50. The number of nitrogens with two attached hydrogens (primary N) is 1. The van der Waals surface area contributed by atoms with Gasteiger partial charge in [0.15, 0.2) is 0 Å². The molecule has 2 nitrogen and oxygen atoms in total. The van der Waals surface area contributed by atoms with E-state index in [1.807, 2.05) is 6.07 Å². The van der Waals surface area contributed by atoms with Gasteiger partial charge in [0.05, 0.1) is 0 Å². The highest BCUT2D eigenvalue weighted by Crippen LogP contribution is 2.33. The molecule has 0 aliphatic carbocycles.